The summed E-state index contributed by atoms with van der Waals surface area (Å²) in [7, 11) is 1.60. The van der Waals surface area contributed by atoms with Crippen molar-refractivity contribution in [2.75, 3.05) is 13.6 Å². The van der Waals surface area contributed by atoms with Gasteiger partial charge in [0.15, 0.2) is 0 Å². The Labute approximate surface area is 132 Å². The first-order chi connectivity index (χ1) is 10.1. The van der Waals surface area contributed by atoms with E-state index in [1.165, 1.54) is 11.0 Å². The zero-order chi connectivity index (χ0) is 15.2. The van der Waals surface area contributed by atoms with Crippen molar-refractivity contribution in [1.29, 1.82) is 5.26 Å². The van der Waals surface area contributed by atoms with Crippen LogP contribution in [-0.2, 0) is 4.79 Å². The van der Waals surface area contributed by atoms with Crippen LogP contribution in [-0.4, -0.2) is 24.4 Å². The second-order valence-corrected chi connectivity index (χ2v) is 5.95. The van der Waals surface area contributed by atoms with Crippen molar-refractivity contribution >= 4 is 34.9 Å². The zero-order valence-corrected chi connectivity index (χ0v) is 13.0. The van der Waals surface area contributed by atoms with Gasteiger partial charge >= 0.3 is 0 Å². The topological polar surface area (TPSA) is 44.1 Å². The molecule has 5 heteroatoms. The Balaban J connectivity index is 2.10. The zero-order valence-electron chi connectivity index (χ0n) is 11.4. The fourth-order valence-corrected chi connectivity index (χ4v) is 2.80. The molecule has 21 heavy (non-hydrogen) atoms. The number of halogens is 1. The van der Waals surface area contributed by atoms with Gasteiger partial charge in [0.25, 0.3) is 0 Å². The Morgan fingerprint density at radius 3 is 2.95 bits per heavy atom. The minimum Gasteiger partial charge on any atom is -0.329 e. The third kappa shape index (κ3) is 4.19. The van der Waals surface area contributed by atoms with Crippen LogP contribution in [0.2, 0.25) is 5.02 Å². The van der Waals surface area contributed by atoms with E-state index in [9.17, 15) is 4.79 Å². The van der Waals surface area contributed by atoms with Crippen molar-refractivity contribution in [2.45, 2.75) is 0 Å². The van der Waals surface area contributed by atoms with Crippen molar-refractivity contribution in [2.24, 2.45) is 0 Å². The maximum absolute atomic E-state index is 11.7. The number of hydrogen-bond acceptors (Lipinski definition) is 3. The first-order valence-corrected chi connectivity index (χ1v) is 7.45. The lowest BCUT2D eigenvalue weighted by molar-refractivity contribution is -0.124. The molecule has 1 aromatic carbocycles. The molecule has 0 saturated carbocycles. The predicted molar refractivity (Wildman–Crippen MR) is 87.0 cm³/mol. The number of nitrogens with zero attached hydrogens (tertiary/aromatic N) is 2. The van der Waals surface area contributed by atoms with Gasteiger partial charge in [-0.1, -0.05) is 23.7 Å². The van der Waals surface area contributed by atoms with Crippen LogP contribution < -0.4 is 0 Å². The number of nitriles is 1. The summed E-state index contributed by atoms with van der Waals surface area (Å²) >= 11 is 7.56. The molecule has 2 rings (SSSR count). The van der Waals surface area contributed by atoms with Crippen molar-refractivity contribution in [3.8, 4) is 16.5 Å². The van der Waals surface area contributed by atoms with Gasteiger partial charge in [0.2, 0.25) is 5.91 Å². The van der Waals surface area contributed by atoms with E-state index in [-0.39, 0.29) is 12.5 Å². The highest BCUT2D eigenvalue weighted by Crippen LogP contribution is 2.30. The van der Waals surface area contributed by atoms with Gasteiger partial charge in [-0.05, 0) is 35.9 Å². The van der Waals surface area contributed by atoms with E-state index in [1.54, 1.807) is 24.5 Å². The summed E-state index contributed by atoms with van der Waals surface area (Å²) in [6, 6.07) is 13.5. The molecule has 3 nitrogen and oxygen atoms in total. The quantitative estimate of drug-likeness (QED) is 0.630. The van der Waals surface area contributed by atoms with Crippen molar-refractivity contribution in [1.82, 2.24) is 4.90 Å². The number of benzene rings is 1. The van der Waals surface area contributed by atoms with Crippen LogP contribution in [0.15, 0.2) is 42.5 Å². The molecule has 1 amide bonds. The number of amides is 1. The Morgan fingerprint density at radius 1 is 1.43 bits per heavy atom. The largest absolute Gasteiger partial charge is 0.329 e. The average molecular weight is 317 g/mol. The molecule has 0 radical (unpaired) electrons. The van der Waals surface area contributed by atoms with Gasteiger partial charge in [0, 0.05) is 27.9 Å². The highest BCUT2D eigenvalue weighted by Gasteiger charge is 2.05. The summed E-state index contributed by atoms with van der Waals surface area (Å²) in [6.07, 6.45) is 3.24. The molecular weight excluding hydrogens is 304 g/mol. The predicted octanol–water partition coefficient (Wildman–Crippen LogP) is 4.06. The molecule has 0 bridgehead atoms. The van der Waals surface area contributed by atoms with Gasteiger partial charge in [-0.25, -0.2) is 0 Å². The van der Waals surface area contributed by atoms with E-state index in [1.807, 2.05) is 42.5 Å². The number of carbonyl (C=O) groups excluding carboxylic acids is 1. The summed E-state index contributed by atoms with van der Waals surface area (Å²) in [5, 5.41) is 9.25. The summed E-state index contributed by atoms with van der Waals surface area (Å²) in [6.45, 7) is 0.0847. The SMILES string of the molecule is CN(CC#N)C(=O)C=Cc1ccc(-c2cccc(Cl)c2)s1. The summed E-state index contributed by atoms with van der Waals surface area (Å²) < 4.78 is 0. The smallest absolute Gasteiger partial charge is 0.247 e. The van der Waals surface area contributed by atoms with Gasteiger partial charge < -0.3 is 4.90 Å². The lowest BCUT2D eigenvalue weighted by Gasteiger charge is -2.08. The fourth-order valence-electron chi connectivity index (χ4n) is 1.70. The monoisotopic (exact) mass is 316 g/mol. The summed E-state index contributed by atoms with van der Waals surface area (Å²) in [5.74, 6) is -0.186. The lowest BCUT2D eigenvalue weighted by Crippen LogP contribution is -2.24. The van der Waals surface area contributed by atoms with Crippen molar-refractivity contribution < 1.29 is 4.79 Å². The van der Waals surface area contributed by atoms with E-state index in [4.69, 9.17) is 16.9 Å². The maximum atomic E-state index is 11.7. The third-order valence-electron chi connectivity index (χ3n) is 2.81. The van der Waals surface area contributed by atoms with Gasteiger partial charge in [-0.15, -0.1) is 11.3 Å². The normalized spacial score (nSPS) is 10.5. The summed E-state index contributed by atoms with van der Waals surface area (Å²) in [4.78, 5) is 15.1. The third-order valence-corrected chi connectivity index (χ3v) is 4.14. The molecule has 0 aliphatic rings. The lowest BCUT2D eigenvalue weighted by atomic mass is 10.2. The van der Waals surface area contributed by atoms with Gasteiger partial charge in [0.05, 0.1) is 6.07 Å². The molecule has 0 unspecified atom stereocenters. The number of thiophene rings is 1. The standard InChI is InChI=1S/C16H13ClN2OS/c1-19(10-9-18)16(20)8-6-14-5-7-15(21-14)12-3-2-4-13(17)11-12/h2-8,11H,10H2,1H3. The summed E-state index contributed by atoms with van der Waals surface area (Å²) in [5.41, 5.74) is 1.06. The Hall–Kier alpha value is -2.09. The van der Waals surface area contributed by atoms with Gasteiger partial charge in [-0.2, -0.15) is 5.26 Å². The van der Waals surface area contributed by atoms with Crippen LogP contribution >= 0.6 is 22.9 Å². The molecule has 0 saturated heterocycles. The second kappa shape index (κ2) is 7.07. The molecule has 0 spiro atoms. The van der Waals surface area contributed by atoms with Crippen LogP contribution in [0.5, 0.6) is 0 Å². The number of likely N-dealkylation sites (N-methyl/N-ethyl adjacent to an activating group) is 1. The van der Waals surface area contributed by atoms with E-state index in [2.05, 4.69) is 0 Å². The highest BCUT2D eigenvalue weighted by molar-refractivity contribution is 7.16. The minimum absolute atomic E-state index is 0.0847. The van der Waals surface area contributed by atoms with E-state index >= 15 is 0 Å². The molecule has 0 atom stereocenters. The van der Waals surface area contributed by atoms with Crippen LogP contribution in [0.4, 0.5) is 0 Å². The maximum Gasteiger partial charge on any atom is 0.247 e. The molecule has 0 fully saturated rings. The molecule has 0 N–H and O–H groups in total. The molecular formula is C16H13ClN2OS. The number of rotatable bonds is 4. The van der Waals surface area contributed by atoms with Gasteiger partial charge in [0.1, 0.15) is 6.54 Å². The Kier molecular flexibility index (Phi) is 5.15. The Morgan fingerprint density at radius 2 is 2.24 bits per heavy atom. The van der Waals surface area contributed by atoms with Crippen LogP contribution in [0.3, 0.4) is 0 Å². The van der Waals surface area contributed by atoms with Crippen molar-refractivity contribution in [3.05, 3.63) is 52.4 Å². The minimum atomic E-state index is -0.186. The average Bonchev–Trinajstić information content (AvgIpc) is 2.94. The second-order valence-electron chi connectivity index (χ2n) is 4.40. The Bertz CT molecular complexity index is 715. The molecule has 2 aromatic rings. The van der Waals surface area contributed by atoms with E-state index < -0.39 is 0 Å². The number of carbonyl (C=O) groups is 1. The molecule has 106 valence electrons. The first kappa shape index (κ1) is 15.3. The molecule has 1 heterocycles. The fraction of sp³-hybridized carbons (Fsp3) is 0.125. The van der Waals surface area contributed by atoms with Crippen LogP contribution in [0, 0.1) is 11.3 Å². The van der Waals surface area contributed by atoms with E-state index in [0.29, 0.717) is 5.02 Å². The molecule has 1 aromatic heterocycles. The van der Waals surface area contributed by atoms with Crippen LogP contribution in [0.1, 0.15) is 4.88 Å². The van der Waals surface area contributed by atoms with Crippen LogP contribution in [0.25, 0.3) is 16.5 Å². The first-order valence-electron chi connectivity index (χ1n) is 6.26. The van der Waals surface area contributed by atoms with Crippen molar-refractivity contribution in [3.63, 3.8) is 0 Å². The molecule has 0 aliphatic carbocycles. The number of hydrogen-bond donors (Lipinski definition) is 0. The highest BCUT2D eigenvalue weighted by atomic mass is 35.5. The van der Waals surface area contributed by atoms with Gasteiger partial charge in [-0.3, -0.25) is 4.79 Å². The molecule has 0 aliphatic heterocycles. The van der Waals surface area contributed by atoms with E-state index in [0.717, 1.165) is 15.3 Å².